The zero-order valence-corrected chi connectivity index (χ0v) is 12.9. The van der Waals surface area contributed by atoms with E-state index in [-0.39, 0.29) is 5.91 Å². The predicted molar refractivity (Wildman–Crippen MR) is 80.9 cm³/mol. The minimum Gasteiger partial charge on any atom is -0.497 e. The van der Waals surface area contributed by atoms with Crippen molar-refractivity contribution in [3.05, 3.63) is 24.3 Å². The summed E-state index contributed by atoms with van der Waals surface area (Å²) in [7, 11) is 3.69. The normalized spacial score (nSPS) is 15.3. The monoisotopic (exact) mass is 293 g/mol. The van der Waals surface area contributed by atoms with Crippen LogP contribution in [0.4, 0.5) is 0 Å². The first-order valence-corrected chi connectivity index (χ1v) is 7.55. The van der Waals surface area contributed by atoms with Gasteiger partial charge in [-0.05, 0) is 37.1 Å². The molecule has 1 atom stereocenters. The van der Waals surface area contributed by atoms with Crippen LogP contribution in [0.15, 0.2) is 24.3 Å². The highest BCUT2D eigenvalue weighted by Crippen LogP contribution is 2.18. The van der Waals surface area contributed by atoms with E-state index >= 15 is 0 Å². The lowest BCUT2D eigenvalue weighted by Gasteiger charge is -2.14. The molecule has 5 heteroatoms. The van der Waals surface area contributed by atoms with Crippen molar-refractivity contribution in [2.45, 2.75) is 25.3 Å². The van der Waals surface area contributed by atoms with Crippen LogP contribution in [0, 0.1) is 0 Å². The molecule has 1 unspecified atom stereocenters. The largest absolute Gasteiger partial charge is 0.497 e. The summed E-state index contributed by atoms with van der Waals surface area (Å²) in [5.74, 6) is 1.83. The number of likely N-dealkylation sites (N-methyl/N-ethyl adjacent to an activating group) is 1. The van der Waals surface area contributed by atoms with Gasteiger partial charge in [-0.25, -0.2) is 0 Å². The lowest BCUT2D eigenvalue weighted by Crippen LogP contribution is -3.10. The molecule has 2 N–H and O–H groups in total. The highest BCUT2D eigenvalue weighted by molar-refractivity contribution is 5.77. The van der Waals surface area contributed by atoms with Crippen molar-refractivity contribution in [1.29, 1.82) is 0 Å². The van der Waals surface area contributed by atoms with Crippen molar-refractivity contribution < 1.29 is 19.2 Å². The number of methoxy groups -OCH3 is 1. The maximum atomic E-state index is 11.6. The van der Waals surface area contributed by atoms with Crippen molar-refractivity contribution >= 4 is 5.91 Å². The molecular formula is C16H25N2O3+. The van der Waals surface area contributed by atoms with Gasteiger partial charge < -0.3 is 19.7 Å². The van der Waals surface area contributed by atoms with Crippen molar-refractivity contribution in [2.24, 2.45) is 0 Å². The molecule has 2 rings (SSSR count). The fourth-order valence-corrected chi connectivity index (χ4v) is 2.10. The van der Waals surface area contributed by atoms with Crippen LogP contribution in [0.1, 0.15) is 19.3 Å². The van der Waals surface area contributed by atoms with Crippen molar-refractivity contribution in [1.82, 2.24) is 5.32 Å². The number of nitrogens with one attached hydrogen (secondary N) is 2. The van der Waals surface area contributed by atoms with E-state index in [2.05, 4.69) is 5.32 Å². The number of hydrogen-bond acceptors (Lipinski definition) is 3. The van der Waals surface area contributed by atoms with E-state index in [9.17, 15) is 4.79 Å². The molecule has 0 radical (unpaired) electrons. The van der Waals surface area contributed by atoms with Gasteiger partial charge in [0.05, 0.1) is 27.3 Å². The van der Waals surface area contributed by atoms with Gasteiger partial charge in [-0.15, -0.1) is 0 Å². The van der Waals surface area contributed by atoms with Crippen LogP contribution in [-0.2, 0) is 4.79 Å². The first-order valence-electron chi connectivity index (χ1n) is 7.55. The average Bonchev–Trinajstić information content (AvgIpc) is 3.28. The summed E-state index contributed by atoms with van der Waals surface area (Å²) in [6.45, 7) is 2.13. The quantitative estimate of drug-likeness (QED) is 0.642. The maximum absolute atomic E-state index is 11.6. The number of rotatable bonds is 9. The minimum atomic E-state index is 0.158. The predicted octanol–water partition coefficient (Wildman–Crippen LogP) is 0.257. The molecule has 0 aliphatic heterocycles. The second-order valence-corrected chi connectivity index (χ2v) is 5.60. The molecule has 1 aliphatic rings. The van der Waals surface area contributed by atoms with Gasteiger partial charge in [0.25, 0.3) is 5.91 Å². The summed E-state index contributed by atoms with van der Waals surface area (Å²) in [6.07, 6.45) is 3.20. The Labute approximate surface area is 126 Å². The summed E-state index contributed by atoms with van der Waals surface area (Å²) >= 11 is 0. The second-order valence-electron chi connectivity index (χ2n) is 5.60. The van der Waals surface area contributed by atoms with E-state index in [4.69, 9.17) is 9.47 Å². The smallest absolute Gasteiger partial charge is 0.275 e. The van der Waals surface area contributed by atoms with Gasteiger partial charge in [-0.1, -0.05) is 0 Å². The van der Waals surface area contributed by atoms with Crippen LogP contribution in [0.5, 0.6) is 11.5 Å². The number of amides is 1. The topological polar surface area (TPSA) is 52.0 Å². The fraction of sp³-hybridized carbons (Fsp3) is 0.562. The molecule has 0 saturated heterocycles. The summed E-state index contributed by atoms with van der Waals surface area (Å²) in [5, 5.41) is 3.01. The third-order valence-corrected chi connectivity index (χ3v) is 3.48. The van der Waals surface area contributed by atoms with Crippen LogP contribution < -0.4 is 19.7 Å². The molecule has 1 aromatic carbocycles. The van der Waals surface area contributed by atoms with E-state index < -0.39 is 0 Å². The zero-order chi connectivity index (χ0) is 15.1. The van der Waals surface area contributed by atoms with Gasteiger partial charge in [0, 0.05) is 12.5 Å². The van der Waals surface area contributed by atoms with E-state index in [1.807, 2.05) is 31.3 Å². The van der Waals surface area contributed by atoms with Crippen molar-refractivity contribution in [3.63, 3.8) is 0 Å². The molecule has 0 heterocycles. The number of carbonyl (C=O) groups excluding carboxylic acids is 1. The summed E-state index contributed by atoms with van der Waals surface area (Å²) in [4.78, 5) is 12.9. The van der Waals surface area contributed by atoms with Gasteiger partial charge in [0.15, 0.2) is 6.54 Å². The highest BCUT2D eigenvalue weighted by atomic mass is 16.5. The average molecular weight is 293 g/mol. The Morgan fingerprint density at radius 3 is 2.57 bits per heavy atom. The summed E-state index contributed by atoms with van der Waals surface area (Å²) in [6, 6.07) is 8.02. The van der Waals surface area contributed by atoms with Gasteiger partial charge >= 0.3 is 0 Å². The molecule has 1 saturated carbocycles. The second kappa shape index (κ2) is 7.88. The molecule has 1 amide bonds. The van der Waals surface area contributed by atoms with Crippen LogP contribution >= 0.6 is 0 Å². The Hall–Kier alpha value is -1.75. The van der Waals surface area contributed by atoms with E-state index in [1.54, 1.807) is 7.11 Å². The Morgan fingerprint density at radius 1 is 1.29 bits per heavy atom. The molecular weight excluding hydrogens is 268 g/mol. The first-order chi connectivity index (χ1) is 10.2. The maximum Gasteiger partial charge on any atom is 0.275 e. The Balaban J connectivity index is 1.56. The van der Waals surface area contributed by atoms with Gasteiger partial charge in [0.1, 0.15) is 11.5 Å². The van der Waals surface area contributed by atoms with Crippen LogP contribution in [0.2, 0.25) is 0 Å². The number of ether oxygens (including phenoxy) is 2. The Morgan fingerprint density at radius 2 is 1.95 bits per heavy atom. The number of quaternary nitrogens is 1. The number of benzene rings is 1. The molecule has 116 valence electrons. The van der Waals surface area contributed by atoms with E-state index in [1.165, 1.54) is 4.90 Å². The highest BCUT2D eigenvalue weighted by Gasteiger charge is 2.24. The zero-order valence-electron chi connectivity index (χ0n) is 12.9. The van der Waals surface area contributed by atoms with Gasteiger partial charge in [-0.3, -0.25) is 4.79 Å². The molecule has 0 aromatic heterocycles. The standard InChI is InChI=1S/C16H24N2O3/c1-18(12-16(19)17-13-4-5-13)10-3-11-21-15-8-6-14(20-2)7-9-15/h6-9,13H,3-5,10-12H2,1-2H3,(H,17,19)/p+1. The Kier molecular flexibility index (Phi) is 5.87. The van der Waals surface area contributed by atoms with Gasteiger partial charge in [0.2, 0.25) is 0 Å². The van der Waals surface area contributed by atoms with Crippen LogP contribution in [-0.4, -0.2) is 45.8 Å². The molecule has 1 aliphatic carbocycles. The number of carbonyl (C=O) groups is 1. The molecule has 0 spiro atoms. The summed E-state index contributed by atoms with van der Waals surface area (Å²) in [5.41, 5.74) is 0. The lowest BCUT2D eigenvalue weighted by atomic mass is 10.3. The summed E-state index contributed by atoms with van der Waals surface area (Å²) < 4.78 is 10.8. The third kappa shape index (κ3) is 6.04. The Bertz CT molecular complexity index is 443. The van der Waals surface area contributed by atoms with Crippen LogP contribution in [0.25, 0.3) is 0 Å². The molecule has 5 nitrogen and oxygen atoms in total. The van der Waals surface area contributed by atoms with Crippen molar-refractivity contribution in [3.8, 4) is 11.5 Å². The first kappa shape index (κ1) is 15.6. The number of hydrogen-bond donors (Lipinski definition) is 2. The van der Waals surface area contributed by atoms with Crippen LogP contribution in [0.3, 0.4) is 0 Å². The molecule has 21 heavy (non-hydrogen) atoms. The molecule has 1 aromatic rings. The minimum absolute atomic E-state index is 0.158. The van der Waals surface area contributed by atoms with Crippen molar-refractivity contribution in [2.75, 3.05) is 33.9 Å². The SMILES string of the molecule is COc1ccc(OCCC[NH+](C)CC(=O)NC2CC2)cc1. The van der Waals surface area contributed by atoms with Gasteiger partial charge in [-0.2, -0.15) is 0 Å². The fourth-order valence-electron chi connectivity index (χ4n) is 2.10. The van der Waals surface area contributed by atoms with E-state index in [0.717, 1.165) is 37.3 Å². The lowest BCUT2D eigenvalue weighted by molar-refractivity contribution is -0.871. The molecule has 1 fully saturated rings. The molecule has 0 bridgehead atoms. The van der Waals surface area contributed by atoms with E-state index in [0.29, 0.717) is 19.2 Å². The third-order valence-electron chi connectivity index (χ3n) is 3.48.